The van der Waals surface area contributed by atoms with Crippen LogP contribution in [-0.2, 0) is 20.8 Å². The van der Waals surface area contributed by atoms with Crippen LogP contribution in [0.15, 0.2) is 30.3 Å². The van der Waals surface area contributed by atoms with Gasteiger partial charge in [-0.05, 0) is 18.4 Å². The molecule has 0 aromatic heterocycles. The quantitative estimate of drug-likeness (QED) is 0.656. The van der Waals surface area contributed by atoms with Crippen LogP contribution in [0, 0.1) is 0 Å². The minimum Gasteiger partial charge on any atom is -0.481 e. The molecule has 1 aromatic carbocycles. The van der Waals surface area contributed by atoms with Gasteiger partial charge in [0.15, 0.2) is 0 Å². The van der Waals surface area contributed by atoms with Crippen molar-refractivity contribution in [2.45, 2.75) is 38.6 Å². The lowest BCUT2D eigenvalue weighted by molar-refractivity contribution is -0.140. The fraction of sp³-hybridized carbons (Fsp3) is 0.400. The summed E-state index contributed by atoms with van der Waals surface area (Å²) in [5.74, 6) is -2.18. The molecule has 6 nitrogen and oxygen atoms in total. The number of carboxylic acid groups (broad SMARTS) is 2. The number of carbonyl (C=O) groups excluding carboxylic acids is 1. The molecule has 0 aliphatic carbocycles. The van der Waals surface area contributed by atoms with Gasteiger partial charge in [-0.3, -0.25) is 14.4 Å². The van der Waals surface area contributed by atoms with Gasteiger partial charge in [0.1, 0.15) is 18.2 Å². The zero-order chi connectivity index (χ0) is 16.3. The van der Waals surface area contributed by atoms with Crippen LogP contribution in [0.1, 0.15) is 31.7 Å². The molecule has 0 saturated carbocycles. The largest absolute Gasteiger partial charge is 0.481 e. The van der Waals surface area contributed by atoms with Crippen molar-refractivity contribution in [1.29, 1.82) is 0 Å². The molecule has 1 atom stereocenters. The monoisotopic (exact) mass is 295 g/mol. The van der Waals surface area contributed by atoms with Crippen molar-refractivity contribution in [1.82, 2.24) is 0 Å². The number of carbonyl (C=O) groups is 3. The summed E-state index contributed by atoms with van der Waals surface area (Å²) in [7, 11) is 0. The summed E-state index contributed by atoms with van der Waals surface area (Å²) in [6, 6.07) is 8.54. The number of hydrogen-bond donors (Lipinski definition) is 3. The molecular formula is C15H21NO5. The molecule has 116 valence electrons. The highest BCUT2D eigenvalue weighted by Crippen LogP contribution is 2.01. The average Bonchev–Trinajstić information content (AvgIpc) is 2.39. The number of benzene rings is 1. The minimum absolute atomic E-state index is 0.190. The third kappa shape index (κ3) is 10.3. The standard InChI is InChI=1S/C9H11NO2.C6H10O3/c10-8(9(11)12)6-7-4-2-1-3-5-7;1-2-3-5(7)4-6(8)9/h1-5,8H,6,10H2,(H,11,12);2-4H2,1H3,(H,8,9). The first kappa shape index (κ1) is 18.8. The minimum atomic E-state index is -1.03. The molecule has 0 aliphatic heterocycles. The normalized spacial score (nSPS) is 11.0. The van der Waals surface area contributed by atoms with Crippen molar-refractivity contribution in [2.75, 3.05) is 0 Å². The SMILES string of the molecule is CCCC(=O)CC(=O)O.NC(Cc1ccccc1)C(=O)O. The van der Waals surface area contributed by atoms with Crippen molar-refractivity contribution >= 4 is 17.7 Å². The zero-order valence-electron chi connectivity index (χ0n) is 12.0. The van der Waals surface area contributed by atoms with E-state index in [1.807, 2.05) is 37.3 Å². The number of ketones is 1. The zero-order valence-corrected chi connectivity index (χ0v) is 12.0. The molecule has 4 N–H and O–H groups in total. The van der Waals surface area contributed by atoms with E-state index in [2.05, 4.69) is 0 Å². The fourth-order valence-electron chi connectivity index (χ4n) is 1.49. The van der Waals surface area contributed by atoms with Crippen LogP contribution in [0.5, 0.6) is 0 Å². The van der Waals surface area contributed by atoms with Gasteiger partial charge in [0.05, 0.1) is 0 Å². The molecule has 1 unspecified atom stereocenters. The van der Waals surface area contributed by atoms with E-state index in [0.29, 0.717) is 12.8 Å². The summed E-state index contributed by atoms with van der Waals surface area (Å²) in [5, 5.41) is 16.6. The predicted octanol–water partition coefficient (Wildman–Crippen LogP) is 1.47. The molecule has 0 radical (unpaired) electrons. The first-order valence-corrected chi connectivity index (χ1v) is 6.62. The van der Waals surface area contributed by atoms with Gasteiger partial charge in [0, 0.05) is 6.42 Å². The summed E-state index contributed by atoms with van der Waals surface area (Å²) in [6.07, 6.45) is 1.17. The maximum Gasteiger partial charge on any atom is 0.320 e. The third-order valence-electron chi connectivity index (χ3n) is 2.49. The first-order valence-electron chi connectivity index (χ1n) is 6.62. The number of aliphatic carboxylic acids is 2. The molecule has 21 heavy (non-hydrogen) atoms. The lowest BCUT2D eigenvalue weighted by atomic mass is 10.1. The highest BCUT2D eigenvalue weighted by Gasteiger charge is 2.10. The summed E-state index contributed by atoms with van der Waals surface area (Å²) in [5.41, 5.74) is 6.30. The Bertz CT molecular complexity index is 458. The van der Waals surface area contributed by atoms with Crippen LogP contribution in [0.4, 0.5) is 0 Å². The molecule has 0 amide bonds. The van der Waals surface area contributed by atoms with Gasteiger partial charge in [0.2, 0.25) is 0 Å². The van der Waals surface area contributed by atoms with Gasteiger partial charge in [0.25, 0.3) is 0 Å². The van der Waals surface area contributed by atoms with Gasteiger partial charge >= 0.3 is 11.9 Å². The summed E-state index contributed by atoms with van der Waals surface area (Å²) < 4.78 is 0. The Hall–Kier alpha value is -2.21. The van der Waals surface area contributed by atoms with Crippen LogP contribution in [0.3, 0.4) is 0 Å². The van der Waals surface area contributed by atoms with Crippen LogP contribution < -0.4 is 5.73 Å². The molecule has 0 saturated heterocycles. The highest BCUT2D eigenvalue weighted by molar-refractivity contribution is 5.94. The predicted molar refractivity (Wildman–Crippen MR) is 77.9 cm³/mol. The summed E-state index contributed by atoms with van der Waals surface area (Å²) in [4.78, 5) is 30.7. The van der Waals surface area contributed by atoms with E-state index < -0.39 is 18.0 Å². The van der Waals surface area contributed by atoms with Gasteiger partial charge in [-0.2, -0.15) is 0 Å². The third-order valence-corrected chi connectivity index (χ3v) is 2.49. The van der Waals surface area contributed by atoms with Crippen molar-refractivity contribution in [2.24, 2.45) is 5.73 Å². The molecular weight excluding hydrogens is 274 g/mol. The number of nitrogens with two attached hydrogens (primary N) is 1. The molecule has 0 spiro atoms. The maximum absolute atomic E-state index is 10.5. The topological polar surface area (TPSA) is 118 Å². The van der Waals surface area contributed by atoms with Gasteiger partial charge in [-0.15, -0.1) is 0 Å². The van der Waals surface area contributed by atoms with Crippen LogP contribution in [0.25, 0.3) is 0 Å². The Morgan fingerprint density at radius 3 is 2.14 bits per heavy atom. The Balaban J connectivity index is 0.000000400. The second-order valence-electron chi connectivity index (χ2n) is 4.49. The average molecular weight is 295 g/mol. The molecule has 6 heteroatoms. The van der Waals surface area contributed by atoms with E-state index >= 15 is 0 Å². The lowest BCUT2D eigenvalue weighted by Crippen LogP contribution is -2.32. The Morgan fingerprint density at radius 1 is 1.14 bits per heavy atom. The van der Waals surface area contributed by atoms with Gasteiger partial charge < -0.3 is 15.9 Å². The van der Waals surface area contributed by atoms with E-state index in [0.717, 1.165) is 12.0 Å². The Labute approximate surface area is 123 Å². The van der Waals surface area contributed by atoms with Gasteiger partial charge in [-0.1, -0.05) is 37.3 Å². The number of hydrogen-bond acceptors (Lipinski definition) is 4. The smallest absolute Gasteiger partial charge is 0.320 e. The molecule has 1 rings (SSSR count). The first-order chi connectivity index (χ1) is 9.86. The maximum atomic E-state index is 10.5. The molecule has 1 aromatic rings. The van der Waals surface area contributed by atoms with Crippen LogP contribution >= 0.6 is 0 Å². The number of rotatable bonds is 7. The van der Waals surface area contributed by atoms with E-state index in [1.165, 1.54) is 0 Å². The van der Waals surface area contributed by atoms with Crippen molar-refractivity contribution in [3.8, 4) is 0 Å². The lowest BCUT2D eigenvalue weighted by Gasteiger charge is -2.04. The van der Waals surface area contributed by atoms with Gasteiger partial charge in [-0.25, -0.2) is 0 Å². The summed E-state index contributed by atoms with van der Waals surface area (Å²) >= 11 is 0. The molecule has 0 heterocycles. The molecule has 0 fully saturated rings. The van der Waals surface area contributed by atoms with Crippen molar-refractivity contribution in [3.05, 3.63) is 35.9 Å². The fourth-order valence-corrected chi connectivity index (χ4v) is 1.49. The second-order valence-corrected chi connectivity index (χ2v) is 4.49. The van der Waals surface area contributed by atoms with E-state index in [-0.39, 0.29) is 12.2 Å². The molecule has 0 bridgehead atoms. The van der Waals surface area contributed by atoms with E-state index in [9.17, 15) is 14.4 Å². The van der Waals surface area contributed by atoms with Crippen molar-refractivity contribution in [3.63, 3.8) is 0 Å². The van der Waals surface area contributed by atoms with E-state index in [1.54, 1.807) is 0 Å². The highest BCUT2D eigenvalue weighted by atomic mass is 16.4. The van der Waals surface area contributed by atoms with Crippen LogP contribution in [-0.4, -0.2) is 34.0 Å². The van der Waals surface area contributed by atoms with E-state index in [4.69, 9.17) is 15.9 Å². The second kappa shape index (κ2) is 10.6. The number of Topliss-reactive ketones (excluding diaryl/α,β-unsaturated/α-hetero) is 1. The Kier molecular flexibility index (Phi) is 9.45. The van der Waals surface area contributed by atoms with Crippen molar-refractivity contribution < 1.29 is 24.6 Å². The van der Waals surface area contributed by atoms with Crippen LogP contribution in [0.2, 0.25) is 0 Å². The Morgan fingerprint density at radius 2 is 1.71 bits per heavy atom. The summed E-state index contributed by atoms with van der Waals surface area (Å²) in [6.45, 7) is 1.85. The molecule has 0 aliphatic rings. The number of carboxylic acids is 2.